The van der Waals surface area contributed by atoms with Crippen molar-refractivity contribution in [2.75, 3.05) is 6.54 Å². The number of allylic oxidation sites excluding steroid dienone is 7. The SMILES string of the molecule is C[Si](C)(C)C1=CCC(/C(=C/C=N)C2CC3C=C(C4=CC=C(C5CCCN5)CC4)CCC3O2)CC1. The molecule has 2 fully saturated rings. The molecule has 2 heterocycles. The highest BCUT2D eigenvalue weighted by atomic mass is 28.3. The zero-order valence-electron chi connectivity index (χ0n) is 21.5. The average molecular weight is 477 g/mol. The van der Waals surface area contributed by atoms with Crippen molar-refractivity contribution < 1.29 is 4.74 Å². The van der Waals surface area contributed by atoms with E-state index >= 15 is 0 Å². The van der Waals surface area contributed by atoms with Gasteiger partial charge in [-0.25, -0.2) is 0 Å². The standard InChI is InChI=1S/C30H44N2OSi/c1-34(2,3)26-13-10-22(11-14-26)27(16-17-31)30-20-25-19-24(12-15-29(25)33-30)21-6-8-23(9-7-21)28-5-4-18-32-28/h6,8,13,16-17,19,22,25,28-32H,4-5,7,9-12,14-15,18,20H2,1-3H3/b27-16-,31-17?. The first-order valence-electron chi connectivity index (χ1n) is 13.8. The molecule has 0 bridgehead atoms. The number of rotatable bonds is 6. The van der Waals surface area contributed by atoms with Crippen molar-refractivity contribution in [1.82, 2.24) is 5.32 Å². The van der Waals surface area contributed by atoms with Gasteiger partial charge in [0, 0.05) is 18.2 Å². The highest BCUT2D eigenvalue weighted by molar-refractivity contribution is 6.83. The first-order chi connectivity index (χ1) is 16.4. The summed E-state index contributed by atoms with van der Waals surface area (Å²) < 4.78 is 6.68. The van der Waals surface area contributed by atoms with Gasteiger partial charge in [-0.3, -0.25) is 0 Å². The topological polar surface area (TPSA) is 45.1 Å². The molecule has 0 aromatic heterocycles. The number of hydrogen-bond donors (Lipinski definition) is 2. The van der Waals surface area contributed by atoms with Crippen LogP contribution in [-0.2, 0) is 4.74 Å². The summed E-state index contributed by atoms with van der Waals surface area (Å²) in [6.45, 7) is 8.57. The Labute approximate surface area is 208 Å². The van der Waals surface area contributed by atoms with Gasteiger partial charge in [-0.05, 0) is 99.5 Å². The van der Waals surface area contributed by atoms with E-state index in [1.54, 1.807) is 21.9 Å². The van der Waals surface area contributed by atoms with E-state index in [9.17, 15) is 0 Å². The molecule has 4 heteroatoms. The van der Waals surface area contributed by atoms with Gasteiger partial charge in [-0.1, -0.05) is 54.7 Å². The molecule has 34 heavy (non-hydrogen) atoms. The van der Waals surface area contributed by atoms with Gasteiger partial charge < -0.3 is 15.5 Å². The maximum absolute atomic E-state index is 7.81. The van der Waals surface area contributed by atoms with Gasteiger partial charge in [0.15, 0.2) is 0 Å². The average Bonchev–Trinajstić information content (AvgIpc) is 3.52. The maximum Gasteiger partial charge on any atom is 0.0802 e. The van der Waals surface area contributed by atoms with Crippen LogP contribution in [-0.4, -0.2) is 39.1 Å². The molecule has 0 saturated carbocycles. The van der Waals surface area contributed by atoms with E-state index in [1.807, 2.05) is 0 Å². The van der Waals surface area contributed by atoms with Crippen LogP contribution in [0.5, 0.6) is 0 Å². The third kappa shape index (κ3) is 5.19. The van der Waals surface area contributed by atoms with E-state index in [2.05, 4.69) is 55.3 Å². The molecule has 3 aliphatic carbocycles. The van der Waals surface area contributed by atoms with Gasteiger partial charge in [-0.2, -0.15) is 0 Å². The van der Waals surface area contributed by atoms with Crippen LogP contribution in [0.1, 0.15) is 64.2 Å². The van der Waals surface area contributed by atoms with Gasteiger partial charge >= 0.3 is 0 Å². The predicted octanol–water partition coefficient (Wildman–Crippen LogP) is 7.06. The molecule has 0 aromatic carbocycles. The summed E-state index contributed by atoms with van der Waals surface area (Å²) in [5.41, 5.74) is 6.15. The van der Waals surface area contributed by atoms with Crippen molar-refractivity contribution >= 4 is 14.3 Å². The summed E-state index contributed by atoms with van der Waals surface area (Å²) >= 11 is 0. The zero-order valence-corrected chi connectivity index (χ0v) is 22.5. The van der Waals surface area contributed by atoms with Crippen LogP contribution in [0.25, 0.3) is 0 Å². The molecule has 2 aliphatic heterocycles. The summed E-state index contributed by atoms with van der Waals surface area (Å²) in [5.74, 6) is 1.08. The lowest BCUT2D eigenvalue weighted by Gasteiger charge is -2.31. The zero-order chi connectivity index (χ0) is 23.7. The lowest BCUT2D eigenvalue weighted by Crippen LogP contribution is -2.28. The number of nitrogens with one attached hydrogen (secondary N) is 2. The molecule has 5 unspecified atom stereocenters. The molecule has 0 aromatic rings. The van der Waals surface area contributed by atoms with Gasteiger partial charge in [-0.15, -0.1) is 0 Å². The molecular weight excluding hydrogens is 432 g/mol. The molecule has 2 saturated heterocycles. The van der Waals surface area contributed by atoms with E-state index in [4.69, 9.17) is 10.1 Å². The van der Waals surface area contributed by atoms with E-state index < -0.39 is 8.07 Å². The van der Waals surface area contributed by atoms with Crippen molar-refractivity contribution in [3.05, 3.63) is 57.9 Å². The lowest BCUT2D eigenvalue weighted by molar-refractivity contribution is 0.0446. The molecule has 5 rings (SSSR count). The van der Waals surface area contributed by atoms with Crippen LogP contribution < -0.4 is 5.32 Å². The molecular formula is C30H44N2OSi. The Kier molecular flexibility index (Phi) is 7.29. The normalized spacial score (nSPS) is 34.7. The molecule has 2 N–H and O–H groups in total. The molecule has 184 valence electrons. The Morgan fingerprint density at radius 1 is 1.06 bits per heavy atom. The van der Waals surface area contributed by atoms with Crippen molar-refractivity contribution in [3.63, 3.8) is 0 Å². The minimum atomic E-state index is -1.19. The second kappa shape index (κ2) is 10.2. The number of hydrogen-bond acceptors (Lipinski definition) is 3. The molecule has 0 radical (unpaired) electrons. The smallest absolute Gasteiger partial charge is 0.0802 e. The van der Waals surface area contributed by atoms with Crippen molar-refractivity contribution in [2.24, 2.45) is 11.8 Å². The monoisotopic (exact) mass is 476 g/mol. The molecule has 0 amide bonds. The van der Waals surface area contributed by atoms with Crippen molar-refractivity contribution in [2.45, 2.75) is 102 Å². The first kappa shape index (κ1) is 24.2. The summed E-state index contributed by atoms with van der Waals surface area (Å²) in [5, 5.41) is 13.2. The highest BCUT2D eigenvalue weighted by Gasteiger charge is 2.40. The van der Waals surface area contributed by atoms with Crippen molar-refractivity contribution in [1.29, 1.82) is 5.41 Å². The van der Waals surface area contributed by atoms with E-state index in [0.29, 0.717) is 24.0 Å². The van der Waals surface area contributed by atoms with Gasteiger partial charge in [0.1, 0.15) is 0 Å². The third-order valence-corrected chi connectivity index (χ3v) is 11.4. The maximum atomic E-state index is 7.81. The van der Waals surface area contributed by atoms with Crippen LogP contribution >= 0.6 is 0 Å². The fraction of sp³-hybridized carbons (Fsp3) is 0.633. The van der Waals surface area contributed by atoms with Crippen LogP contribution in [0.2, 0.25) is 19.6 Å². The Balaban J connectivity index is 1.26. The largest absolute Gasteiger partial charge is 0.370 e. The number of ether oxygens (including phenoxy) is 1. The van der Waals surface area contributed by atoms with E-state index in [-0.39, 0.29) is 6.10 Å². The Morgan fingerprint density at radius 2 is 1.94 bits per heavy atom. The summed E-state index contributed by atoms with van der Waals surface area (Å²) in [6, 6.07) is 0.627. The quantitative estimate of drug-likeness (QED) is 0.318. The molecule has 5 aliphatic rings. The third-order valence-electron chi connectivity index (χ3n) is 9.01. The molecule has 0 spiro atoms. The minimum absolute atomic E-state index is 0.194. The van der Waals surface area contributed by atoms with Crippen LogP contribution in [0.15, 0.2) is 57.9 Å². The minimum Gasteiger partial charge on any atom is -0.370 e. The Bertz CT molecular complexity index is 941. The first-order valence-corrected chi connectivity index (χ1v) is 17.3. The number of fused-ring (bicyclic) bond motifs is 1. The van der Waals surface area contributed by atoms with Crippen LogP contribution in [0, 0.1) is 17.2 Å². The van der Waals surface area contributed by atoms with Crippen LogP contribution in [0.3, 0.4) is 0 Å². The second-order valence-electron chi connectivity index (χ2n) is 12.2. The van der Waals surface area contributed by atoms with Crippen molar-refractivity contribution in [3.8, 4) is 0 Å². The molecule has 3 nitrogen and oxygen atoms in total. The second-order valence-corrected chi connectivity index (χ2v) is 17.3. The fourth-order valence-electron chi connectivity index (χ4n) is 6.98. The Morgan fingerprint density at radius 3 is 2.59 bits per heavy atom. The summed E-state index contributed by atoms with van der Waals surface area (Å²) in [6.07, 6.45) is 26.1. The Hall–Kier alpha value is -1.49. The van der Waals surface area contributed by atoms with E-state index in [0.717, 1.165) is 25.7 Å². The van der Waals surface area contributed by atoms with Crippen LogP contribution in [0.4, 0.5) is 0 Å². The van der Waals surface area contributed by atoms with Gasteiger partial charge in [0.2, 0.25) is 0 Å². The lowest BCUT2D eigenvalue weighted by atomic mass is 9.79. The summed E-state index contributed by atoms with van der Waals surface area (Å²) in [7, 11) is -1.19. The van der Waals surface area contributed by atoms with E-state index in [1.165, 1.54) is 56.9 Å². The summed E-state index contributed by atoms with van der Waals surface area (Å²) in [4.78, 5) is 0. The van der Waals surface area contributed by atoms with Gasteiger partial charge in [0.25, 0.3) is 0 Å². The predicted molar refractivity (Wildman–Crippen MR) is 146 cm³/mol. The fourth-order valence-corrected chi connectivity index (χ4v) is 8.60. The highest BCUT2D eigenvalue weighted by Crippen LogP contribution is 2.44. The van der Waals surface area contributed by atoms with Gasteiger partial charge in [0.05, 0.1) is 20.3 Å². The molecule has 5 atom stereocenters.